The van der Waals surface area contributed by atoms with E-state index in [4.69, 9.17) is 5.11 Å². The zero-order chi connectivity index (χ0) is 16.4. The summed E-state index contributed by atoms with van der Waals surface area (Å²) < 4.78 is 24.3. The number of phenolic OH excluding ortho intramolecular Hbond substituents is 1. The van der Waals surface area contributed by atoms with Crippen molar-refractivity contribution in [2.75, 3.05) is 0 Å². The minimum absolute atomic E-state index is 0.00714. The molecule has 1 amide bonds. The number of carbonyl (C=O) groups is 1. The lowest BCUT2D eigenvalue weighted by Gasteiger charge is -2.07. The number of aromatic amines is 1. The van der Waals surface area contributed by atoms with E-state index < -0.39 is 15.9 Å². The molecule has 0 unspecified atom stereocenters. The average molecular weight is 332 g/mol. The molecule has 0 fully saturated rings. The number of H-pyrrole nitrogens is 1. The Morgan fingerprint density at radius 1 is 1.17 bits per heavy atom. The maximum Gasteiger partial charge on any atom is 0.272 e. The molecule has 3 aromatic rings. The number of pyridine rings is 1. The van der Waals surface area contributed by atoms with Crippen LogP contribution >= 0.6 is 0 Å². The second-order valence-electron chi connectivity index (χ2n) is 4.68. The standard InChI is InChI=1S/C14H12N4O4S/c19-11-5-3-9(4-6-11)14(20)17-18-23(21,22)12-8-10-2-1-7-15-13(10)16-12/h1-8,18-19H,(H,15,16)(H,17,20). The average Bonchev–Trinajstić information content (AvgIpc) is 2.98. The fraction of sp³-hybridized carbons (Fsp3) is 0. The molecule has 0 saturated heterocycles. The number of sulfonamides is 1. The number of aromatic nitrogens is 2. The first kappa shape index (κ1) is 15.0. The van der Waals surface area contributed by atoms with Gasteiger partial charge in [0.2, 0.25) is 0 Å². The molecule has 0 atom stereocenters. The number of benzene rings is 1. The molecule has 2 heterocycles. The third kappa shape index (κ3) is 3.15. The fourth-order valence-corrected chi connectivity index (χ4v) is 2.78. The summed E-state index contributed by atoms with van der Waals surface area (Å²) in [6.07, 6.45) is 1.54. The third-order valence-corrected chi connectivity index (χ3v) is 4.25. The van der Waals surface area contributed by atoms with Crippen LogP contribution in [0.2, 0.25) is 0 Å². The Labute approximate surface area is 131 Å². The smallest absolute Gasteiger partial charge is 0.272 e. The molecule has 1 aromatic carbocycles. The third-order valence-electron chi connectivity index (χ3n) is 3.09. The highest BCUT2D eigenvalue weighted by Gasteiger charge is 2.18. The number of amides is 1. The normalized spacial score (nSPS) is 11.5. The summed E-state index contributed by atoms with van der Waals surface area (Å²) in [5.74, 6) is -0.643. The molecule has 0 aliphatic heterocycles. The largest absolute Gasteiger partial charge is 0.508 e. The molecule has 0 aliphatic rings. The molecule has 2 aromatic heterocycles. The van der Waals surface area contributed by atoms with E-state index in [1.807, 2.05) is 4.83 Å². The van der Waals surface area contributed by atoms with Crippen LogP contribution in [0.5, 0.6) is 5.75 Å². The van der Waals surface area contributed by atoms with Crippen LogP contribution in [0.3, 0.4) is 0 Å². The van der Waals surface area contributed by atoms with Gasteiger partial charge in [0.25, 0.3) is 15.9 Å². The van der Waals surface area contributed by atoms with E-state index >= 15 is 0 Å². The number of carbonyl (C=O) groups excluding carboxylic acids is 1. The van der Waals surface area contributed by atoms with Crippen LogP contribution in [-0.2, 0) is 10.0 Å². The molecular weight excluding hydrogens is 320 g/mol. The van der Waals surface area contributed by atoms with E-state index in [-0.39, 0.29) is 16.3 Å². The number of hydrogen-bond acceptors (Lipinski definition) is 5. The first-order valence-electron chi connectivity index (χ1n) is 6.51. The van der Waals surface area contributed by atoms with E-state index in [2.05, 4.69) is 15.4 Å². The Morgan fingerprint density at radius 3 is 2.61 bits per heavy atom. The van der Waals surface area contributed by atoms with Crippen molar-refractivity contribution in [1.82, 2.24) is 20.2 Å². The Kier molecular flexibility index (Phi) is 3.72. The van der Waals surface area contributed by atoms with Crippen LogP contribution < -0.4 is 10.3 Å². The summed E-state index contributed by atoms with van der Waals surface area (Å²) in [5.41, 5.74) is 2.73. The highest BCUT2D eigenvalue weighted by molar-refractivity contribution is 7.89. The van der Waals surface area contributed by atoms with Crippen LogP contribution in [0.4, 0.5) is 0 Å². The van der Waals surface area contributed by atoms with Gasteiger partial charge in [-0.2, -0.15) is 0 Å². The van der Waals surface area contributed by atoms with Crippen molar-refractivity contribution in [2.24, 2.45) is 0 Å². The number of hydrazine groups is 1. The summed E-state index contributed by atoms with van der Waals surface area (Å²) in [5, 5.41) is 9.69. The monoisotopic (exact) mass is 332 g/mol. The van der Waals surface area contributed by atoms with Crippen LogP contribution in [-0.4, -0.2) is 29.4 Å². The zero-order valence-corrected chi connectivity index (χ0v) is 12.5. The van der Waals surface area contributed by atoms with Gasteiger partial charge in [-0.15, -0.1) is 4.83 Å². The predicted octanol–water partition coefficient (Wildman–Crippen LogP) is 0.892. The zero-order valence-electron chi connectivity index (χ0n) is 11.6. The molecular formula is C14H12N4O4S. The van der Waals surface area contributed by atoms with Crippen LogP contribution in [0.1, 0.15) is 10.4 Å². The van der Waals surface area contributed by atoms with Gasteiger partial charge in [0.05, 0.1) is 0 Å². The Bertz CT molecular complexity index is 931. The van der Waals surface area contributed by atoms with E-state index in [1.165, 1.54) is 36.5 Å². The second-order valence-corrected chi connectivity index (χ2v) is 6.33. The maximum atomic E-state index is 12.2. The fourth-order valence-electron chi connectivity index (χ4n) is 1.93. The van der Waals surface area contributed by atoms with Crippen LogP contribution in [0.15, 0.2) is 53.7 Å². The molecule has 23 heavy (non-hydrogen) atoms. The molecule has 0 spiro atoms. The van der Waals surface area contributed by atoms with E-state index in [0.29, 0.717) is 11.0 Å². The molecule has 8 nitrogen and oxygen atoms in total. The van der Waals surface area contributed by atoms with Crippen molar-refractivity contribution in [3.63, 3.8) is 0 Å². The van der Waals surface area contributed by atoms with Crippen molar-refractivity contribution in [2.45, 2.75) is 5.03 Å². The summed E-state index contributed by atoms with van der Waals surface area (Å²) in [6, 6.07) is 10.2. The van der Waals surface area contributed by atoms with Gasteiger partial charge < -0.3 is 10.1 Å². The van der Waals surface area contributed by atoms with Crippen LogP contribution in [0, 0.1) is 0 Å². The van der Waals surface area contributed by atoms with Crippen molar-refractivity contribution in [1.29, 1.82) is 0 Å². The summed E-state index contributed by atoms with van der Waals surface area (Å²) >= 11 is 0. The minimum Gasteiger partial charge on any atom is -0.508 e. The highest BCUT2D eigenvalue weighted by atomic mass is 32.2. The molecule has 118 valence electrons. The van der Waals surface area contributed by atoms with E-state index in [0.717, 1.165) is 0 Å². The maximum absolute atomic E-state index is 12.2. The Hall–Kier alpha value is -2.91. The summed E-state index contributed by atoms with van der Waals surface area (Å²) in [7, 11) is -3.96. The van der Waals surface area contributed by atoms with Gasteiger partial charge in [-0.1, -0.05) is 0 Å². The number of aromatic hydroxyl groups is 1. The van der Waals surface area contributed by atoms with Gasteiger partial charge in [0, 0.05) is 17.1 Å². The van der Waals surface area contributed by atoms with Crippen LogP contribution in [0.25, 0.3) is 11.0 Å². The van der Waals surface area contributed by atoms with Gasteiger partial charge in [-0.05, 0) is 42.5 Å². The molecule has 0 bridgehead atoms. The number of rotatable bonds is 4. The number of hydrogen-bond donors (Lipinski definition) is 4. The molecule has 0 radical (unpaired) electrons. The summed E-state index contributed by atoms with van der Waals surface area (Å²) in [4.78, 5) is 20.5. The first-order chi connectivity index (χ1) is 11.0. The van der Waals surface area contributed by atoms with Crippen molar-refractivity contribution in [3.8, 4) is 5.75 Å². The lowest BCUT2D eigenvalue weighted by atomic mass is 10.2. The highest BCUT2D eigenvalue weighted by Crippen LogP contribution is 2.16. The van der Waals surface area contributed by atoms with Gasteiger partial charge in [-0.25, -0.2) is 13.4 Å². The van der Waals surface area contributed by atoms with Gasteiger partial charge in [-0.3, -0.25) is 10.2 Å². The van der Waals surface area contributed by atoms with Crippen molar-refractivity contribution < 1.29 is 18.3 Å². The lowest BCUT2D eigenvalue weighted by molar-refractivity contribution is 0.0945. The van der Waals surface area contributed by atoms with Gasteiger partial charge in [0.1, 0.15) is 11.4 Å². The topological polar surface area (TPSA) is 124 Å². The number of fused-ring (bicyclic) bond motifs is 1. The number of nitrogens with one attached hydrogen (secondary N) is 3. The van der Waals surface area contributed by atoms with Gasteiger partial charge >= 0.3 is 0 Å². The van der Waals surface area contributed by atoms with Crippen molar-refractivity contribution in [3.05, 3.63) is 54.2 Å². The number of phenols is 1. The Balaban J connectivity index is 1.76. The molecule has 0 saturated carbocycles. The predicted molar refractivity (Wildman–Crippen MR) is 82.0 cm³/mol. The summed E-state index contributed by atoms with van der Waals surface area (Å²) in [6.45, 7) is 0. The minimum atomic E-state index is -3.96. The quantitative estimate of drug-likeness (QED) is 0.528. The molecule has 0 aliphatic carbocycles. The van der Waals surface area contributed by atoms with E-state index in [1.54, 1.807) is 12.1 Å². The van der Waals surface area contributed by atoms with E-state index in [9.17, 15) is 13.2 Å². The molecule has 4 N–H and O–H groups in total. The number of nitrogens with zero attached hydrogens (tertiary/aromatic N) is 1. The first-order valence-corrected chi connectivity index (χ1v) is 7.99. The SMILES string of the molecule is O=C(NNS(=O)(=O)c1cc2cccnc2[nH]1)c1ccc(O)cc1. The van der Waals surface area contributed by atoms with Gasteiger partial charge in [0.15, 0.2) is 5.03 Å². The Morgan fingerprint density at radius 2 is 1.91 bits per heavy atom. The molecule has 9 heteroatoms. The molecule has 3 rings (SSSR count). The second kappa shape index (κ2) is 5.71. The van der Waals surface area contributed by atoms with Crippen molar-refractivity contribution >= 4 is 27.0 Å². The lowest BCUT2D eigenvalue weighted by Crippen LogP contribution is -2.41.